The minimum Gasteiger partial charge on any atom is -0.493 e. The highest BCUT2D eigenvalue weighted by atomic mass is 32.2. The zero-order chi connectivity index (χ0) is 20.6. The fourth-order valence-corrected chi connectivity index (χ4v) is 3.96. The second-order valence-corrected chi connectivity index (χ2v) is 7.93. The molecule has 0 spiro atoms. The molecule has 0 aliphatic rings. The number of carbonyl (C=O) groups excluding carboxylic acids is 1. The van der Waals surface area contributed by atoms with Gasteiger partial charge in [0.05, 0.1) is 25.7 Å². The maximum absolute atomic E-state index is 13.7. The monoisotopic (exact) mass is 434 g/mol. The Morgan fingerprint density at radius 2 is 1.93 bits per heavy atom. The Kier molecular flexibility index (Phi) is 7.25. The predicted molar refractivity (Wildman–Crippen MR) is 112 cm³/mol. The van der Waals surface area contributed by atoms with E-state index in [4.69, 9.17) is 9.47 Å². The van der Waals surface area contributed by atoms with Crippen molar-refractivity contribution in [2.24, 2.45) is 0 Å². The molecule has 0 aliphatic heterocycles. The van der Waals surface area contributed by atoms with Crippen molar-refractivity contribution >= 4 is 39.8 Å². The smallest absolute Gasteiger partial charge is 0.230 e. The molecule has 1 aromatic heterocycles. The van der Waals surface area contributed by atoms with E-state index < -0.39 is 0 Å². The quantitative estimate of drug-likeness (QED) is 0.495. The molecule has 29 heavy (non-hydrogen) atoms. The maximum Gasteiger partial charge on any atom is 0.230 e. The van der Waals surface area contributed by atoms with Gasteiger partial charge in [-0.3, -0.25) is 4.79 Å². The first-order valence-corrected chi connectivity index (χ1v) is 10.3. The van der Waals surface area contributed by atoms with Gasteiger partial charge >= 0.3 is 0 Å². The van der Waals surface area contributed by atoms with E-state index in [1.807, 2.05) is 12.1 Å². The van der Waals surface area contributed by atoms with Crippen molar-refractivity contribution in [3.05, 3.63) is 53.8 Å². The summed E-state index contributed by atoms with van der Waals surface area (Å²) in [6, 6.07) is 11.8. The lowest BCUT2D eigenvalue weighted by molar-refractivity contribution is -0.118. The Morgan fingerprint density at radius 1 is 1.14 bits per heavy atom. The Hall–Kier alpha value is -2.85. The standard InChI is InChI=1S/C19H19FN4O3S2/c1-26-15-8-7-12(9-16(15)27-2)10-21-17(25)11-28-19-24-23-18(29-19)22-14-6-4-3-5-13(14)20/h3-9H,10-11H2,1-2H3,(H,21,25)(H,22,23). The van der Waals surface area contributed by atoms with Crippen LogP contribution in [0.25, 0.3) is 0 Å². The van der Waals surface area contributed by atoms with E-state index in [2.05, 4.69) is 20.8 Å². The van der Waals surface area contributed by atoms with Crippen molar-refractivity contribution in [3.63, 3.8) is 0 Å². The predicted octanol–water partition coefficient (Wildman–Crippen LogP) is 3.85. The number of methoxy groups -OCH3 is 2. The third-order valence-corrected chi connectivity index (χ3v) is 5.76. The van der Waals surface area contributed by atoms with Gasteiger partial charge < -0.3 is 20.1 Å². The fourth-order valence-electron chi connectivity index (χ4n) is 2.37. The molecule has 3 rings (SSSR count). The van der Waals surface area contributed by atoms with Gasteiger partial charge in [-0.25, -0.2) is 4.39 Å². The van der Waals surface area contributed by atoms with Gasteiger partial charge in [-0.2, -0.15) is 0 Å². The summed E-state index contributed by atoms with van der Waals surface area (Å²) in [6.45, 7) is 0.371. The van der Waals surface area contributed by atoms with Gasteiger partial charge in [0.15, 0.2) is 15.8 Å². The minimum absolute atomic E-state index is 0.136. The second kappa shape index (κ2) is 10.1. The molecule has 0 saturated heterocycles. The van der Waals surface area contributed by atoms with E-state index in [0.717, 1.165) is 5.56 Å². The number of hydrogen-bond acceptors (Lipinski definition) is 8. The average molecular weight is 435 g/mol. The lowest BCUT2D eigenvalue weighted by Crippen LogP contribution is -2.24. The number of amides is 1. The molecule has 0 unspecified atom stereocenters. The highest BCUT2D eigenvalue weighted by Gasteiger charge is 2.10. The largest absolute Gasteiger partial charge is 0.493 e. The summed E-state index contributed by atoms with van der Waals surface area (Å²) in [6.07, 6.45) is 0. The molecule has 1 heterocycles. The molecule has 152 valence electrons. The van der Waals surface area contributed by atoms with Crippen LogP contribution >= 0.6 is 23.1 Å². The van der Waals surface area contributed by atoms with Crippen LogP contribution in [0.5, 0.6) is 11.5 Å². The third kappa shape index (κ3) is 5.81. The molecule has 10 heteroatoms. The number of thioether (sulfide) groups is 1. The summed E-state index contributed by atoms with van der Waals surface area (Å²) < 4.78 is 24.7. The van der Waals surface area contributed by atoms with Crippen molar-refractivity contribution in [1.29, 1.82) is 0 Å². The van der Waals surface area contributed by atoms with Gasteiger partial charge in [0, 0.05) is 6.54 Å². The van der Waals surface area contributed by atoms with Crippen LogP contribution in [0.2, 0.25) is 0 Å². The fraction of sp³-hybridized carbons (Fsp3) is 0.211. The molecule has 7 nitrogen and oxygen atoms in total. The molecular weight excluding hydrogens is 415 g/mol. The first kappa shape index (κ1) is 20.9. The van der Waals surface area contributed by atoms with Crippen LogP contribution < -0.4 is 20.1 Å². The summed E-state index contributed by atoms with van der Waals surface area (Å²) in [5.41, 5.74) is 1.22. The Balaban J connectivity index is 1.47. The number of anilines is 2. The number of hydrogen-bond donors (Lipinski definition) is 2. The van der Waals surface area contributed by atoms with Crippen LogP contribution in [0.4, 0.5) is 15.2 Å². The van der Waals surface area contributed by atoms with Gasteiger partial charge in [-0.05, 0) is 29.8 Å². The molecule has 0 atom stereocenters. The van der Waals surface area contributed by atoms with Gasteiger partial charge in [0.1, 0.15) is 5.82 Å². The Bertz CT molecular complexity index is 984. The van der Waals surface area contributed by atoms with E-state index in [-0.39, 0.29) is 17.5 Å². The molecule has 0 fully saturated rings. The number of halogens is 1. The summed E-state index contributed by atoms with van der Waals surface area (Å²) in [4.78, 5) is 12.1. The van der Waals surface area contributed by atoms with E-state index in [0.29, 0.717) is 33.2 Å². The Labute approximate surface area is 175 Å². The lowest BCUT2D eigenvalue weighted by atomic mass is 10.2. The van der Waals surface area contributed by atoms with Crippen molar-refractivity contribution in [3.8, 4) is 11.5 Å². The Morgan fingerprint density at radius 3 is 2.69 bits per heavy atom. The number of benzene rings is 2. The van der Waals surface area contributed by atoms with Gasteiger partial charge in [-0.15, -0.1) is 10.2 Å². The van der Waals surface area contributed by atoms with Crippen LogP contribution in [0.3, 0.4) is 0 Å². The van der Waals surface area contributed by atoms with Crippen molar-refractivity contribution < 1.29 is 18.7 Å². The number of para-hydroxylation sites is 1. The van der Waals surface area contributed by atoms with Crippen molar-refractivity contribution in [2.75, 3.05) is 25.3 Å². The van der Waals surface area contributed by atoms with Gasteiger partial charge in [-0.1, -0.05) is 41.3 Å². The molecule has 2 aromatic carbocycles. The summed E-state index contributed by atoms with van der Waals surface area (Å²) in [5.74, 6) is 0.934. The first-order valence-electron chi connectivity index (χ1n) is 8.54. The van der Waals surface area contributed by atoms with Crippen LogP contribution in [0, 0.1) is 5.82 Å². The number of nitrogens with zero attached hydrogens (tertiary/aromatic N) is 2. The first-order chi connectivity index (χ1) is 14.1. The zero-order valence-electron chi connectivity index (χ0n) is 15.8. The third-order valence-electron chi connectivity index (χ3n) is 3.79. The molecule has 3 aromatic rings. The number of carbonyl (C=O) groups is 1. The molecule has 1 amide bonds. The van der Waals surface area contributed by atoms with Gasteiger partial charge in [0.25, 0.3) is 0 Å². The van der Waals surface area contributed by atoms with Crippen LogP contribution in [-0.4, -0.2) is 36.1 Å². The maximum atomic E-state index is 13.7. The molecule has 2 N–H and O–H groups in total. The van der Waals surface area contributed by atoms with E-state index in [1.165, 1.54) is 29.2 Å². The second-order valence-electron chi connectivity index (χ2n) is 5.73. The highest BCUT2D eigenvalue weighted by Crippen LogP contribution is 2.29. The van der Waals surface area contributed by atoms with Crippen LogP contribution in [-0.2, 0) is 11.3 Å². The number of rotatable bonds is 9. The molecule has 0 saturated carbocycles. The molecule has 0 aliphatic carbocycles. The van der Waals surface area contributed by atoms with E-state index >= 15 is 0 Å². The normalized spacial score (nSPS) is 10.4. The van der Waals surface area contributed by atoms with Crippen molar-refractivity contribution in [2.45, 2.75) is 10.9 Å². The summed E-state index contributed by atoms with van der Waals surface area (Å²) in [7, 11) is 3.13. The van der Waals surface area contributed by atoms with E-state index in [9.17, 15) is 9.18 Å². The SMILES string of the molecule is COc1ccc(CNC(=O)CSc2nnc(Nc3ccccc3F)s2)cc1OC. The van der Waals surface area contributed by atoms with Crippen LogP contribution in [0.1, 0.15) is 5.56 Å². The summed E-state index contributed by atoms with van der Waals surface area (Å²) >= 11 is 2.52. The zero-order valence-corrected chi connectivity index (χ0v) is 17.4. The van der Waals surface area contributed by atoms with Gasteiger partial charge in [0.2, 0.25) is 11.0 Å². The summed E-state index contributed by atoms with van der Waals surface area (Å²) in [5, 5.41) is 14.2. The number of aromatic nitrogens is 2. The highest BCUT2D eigenvalue weighted by molar-refractivity contribution is 8.01. The average Bonchev–Trinajstić information content (AvgIpc) is 3.19. The van der Waals surface area contributed by atoms with E-state index in [1.54, 1.807) is 38.5 Å². The van der Waals surface area contributed by atoms with Crippen molar-refractivity contribution in [1.82, 2.24) is 15.5 Å². The topological polar surface area (TPSA) is 85.4 Å². The minimum atomic E-state index is -0.369. The molecule has 0 radical (unpaired) electrons. The van der Waals surface area contributed by atoms with Crippen LogP contribution in [0.15, 0.2) is 46.8 Å². The number of ether oxygens (including phenoxy) is 2. The molecule has 0 bridgehead atoms. The molecular formula is C19H19FN4O3S2. The number of nitrogens with one attached hydrogen (secondary N) is 2. The lowest BCUT2D eigenvalue weighted by Gasteiger charge is -2.10.